The number of rotatable bonds is 5. The monoisotopic (exact) mass is 335 g/mol. The maximum absolute atomic E-state index is 12.2. The minimum Gasteiger partial charge on any atom is -0.489 e. The number of nitrogens with one attached hydrogen (secondary N) is 1. The second kappa shape index (κ2) is 7.44. The van der Waals surface area contributed by atoms with Crippen LogP contribution in [0.4, 0.5) is 5.82 Å². The normalized spacial score (nSPS) is 10.3. The van der Waals surface area contributed by atoms with Crippen LogP contribution in [-0.4, -0.2) is 15.5 Å². The fraction of sp³-hybridized carbons (Fsp3) is 0.105. The molecule has 1 amide bonds. The van der Waals surface area contributed by atoms with Gasteiger partial charge >= 0.3 is 0 Å². The molecule has 0 saturated carbocycles. The van der Waals surface area contributed by atoms with Crippen molar-refractivity contribution in [2.24, 2.45) is 7.05 Å². The minimum absolute atomic E-state index is 0.169. The van der Waals surface area contributed by atoms with Gasteiger partial charge < -0.3 is 14.6 Å². The van der Waals surface area contributed by atoms with Crippen LogP contribution in [0.5, 0.6) is 5.75 Å². The van der Waals surface area contributed by atoms with Gasteiger partial charge in [-0.1, -0.05) is 24.3 Å². The van der Waals surface area contributed by atoms with Gasteiger partial charge in [0.05, 0.1) is 5.56 Å². The number of carbonyl (C=O) groups excluding carboxylic acids is 1. The third-order valence-corrected chi connectivity index (χ3v) is 3.56. The first-order valence-corrected chi connectivity index (χ1v) is 7.72. The summed E-state index contributed by atoms with van der Waals surface area (Å²) in [4.78, 5) is 27.8. The molecule has 0 aliphatic rings. The number of ether oxygens (including phenoxy) is 1. The van der Waals surface area contributed by atoms with E-state index in [0.717, 1.165) is 11.3 Å². The molecule has 3 rings (SSSR count). The predicted octanol–water partition coefficient (Wildman–Crippen LogP) is 2.61. The standard InChI is InChI=1S/C19H17N3O3/c1-22-12-15(8-10-18(22)23)19(24)21-17-9-7-14(11-20-17)13-25-16-5-3-2-4-6-16/h2-12H,13H2,1H3,(H,20,21,24). The molecule has 0 radical (unpaired) electrons. The van der Waals surface area contributed by atoms with E-state index >= 15 is 0 Å². The summed E-state index contributed by atoms with van der Waals surface area (Å²) in [5.74, 6) is 0.897. The zero-order valence-electron chi connectivity index (χ0n) is 13.7. The number of nitrogens with zero attached hydrogens (tertiary/aromatic N) is 2. The SMILES string of the molecule is Cn1cc(C(=O)Nc2ccc(COc3ccccc3)cn2)ccc1=O. The van der Waals surface area contributed by atoms with Crippen molar-refractivity contribution in [2.45, 2.75) is 6.61 Å². The van der Waals surface area contributed by atoms with Gasteiger partial charge in [0.25, 0.3) is 5.91 Å². The summed E-state index contributed by atoms with van der Waals surface area (Å²) in [6.07, 6.45) is 3.14. The largest absolute Gasteiger partial charge is 0.489 e. The molecule has 1 N–H and O–H groups in total. The van der Waals surface area contributed by atoms with Crippen LogP contribution in [0.25, 0.3) is 0 Å². The number of pyridine rings is 2. The number of aromatic nitrogens is 2. The van der Waals surface area contributed by atoms with Crippen LogP contribution in [0.15, 0.2) is 71.8 Å². The predicted molar refractivity (Wildman–Crippen MR) is 94.6 cm³/mol. The Morgan fingerprint density at radius 1 is 1.12 bits per heavy atom. The number of benzene rings is 1. The lowest BCUT2D eigenvalue weighted by atomic mass is 10.2. The van der Waals surface area contributed by atoms with Crippen LogP contribution < -0.4 is 15.6 Å². The first-order valence-electron chi connectivity index (χ1n) is 7.72. The fourth-order valence-electron chi connectivity index (χ4n) is 2.18. The van der Waals surface area contributed by atoms with Crippen molar-refractivity contribution >= 4 is 11.7 Å². The van der Waals surface area contributed by atoms with Gasteiger partial charge in [0.2, 0.25) is 5.56 Å². The molecule has 25 heavy (non-hydrogen) atoms. The molecule has 0 spiro atoms. The Kier molecular flexibility index (Phi) is 4.89. The van der Waals surface area contributed by atoms with Gasteiger partial charge in [-0.15, -0.1) is 0 Å². The van der Waals surface area contributed by atoms with Gasteiger partial charge in [0.1, 0.15) is 18.2 Å². The first kappa shape index (κ1) is 16.4. The molecular formula is C19H17N3O3. The Bertz CT molecular complexity index is 919. The minimum atomic E-state index is -0.323. The Hall–Kier alpha value is -3.41. The first-order chi connectivity index (χ1) is 12.1. The lowest BCUT2D eigenvalue weighted by Gasteiger charge is -2.08. The summed E-state index contributed by atoms with van der Waals surface area (Å²) in [5.41, 5.74) is 1.11. The third kappa shape index (κ3) is 4.32. The summed E-state index contributed by atoms with van der Waals surface area (Å²) < 4.78 is 7.00. The van der Waals surface area contributed by atoms with E-state index in [1.165, 1.54) is 22.9 Å². The lowest BCUT2D eigenvalue weighted by Crippen LogP contribution is -2.19. The molecule has 2 heterocycles. The Morgan fingerprint density at radius 3 is 2.60 bits per heavy atom. The van der Waals surface area contributed by atoms with Crippen LogP contribution in [0.2, 0.25) is 0 Å². The number of hydrogen-bond acceptors (Lipinski definition) is 4. The molecule has 6 nitrogen and oxygen atoms in total. The van der Waals surface area contributed by atoms with Crippen molar-refractivity contribution in [3.05, 3.63) is 88.5 Å². The van der Waals surface area contributed by atoms with Gasteiger partial charge in [-0.3, -0.25) is 9.59 Å². The van der Waals surface area contributed by atoms with Crippen LogP contribution in [0.3, 0.4) is 0 Å². The van der Waals surface area contributed by atoms with Gasteiger partial charge in [0.15, 0.2) is 0 Å². The van der Waals surface area contributed by atoms with Gasteiger partial charge in [-0.25, -0.2) is 4.98 Å². The van der Waals surface area contributed by atoms with E-state index < -0.39 is 0 Å². The summed E-state index contributed by atoms with van der Waals surface area (Å²) >= 11 is 0. The van der Waals surface area contributed by atoms with Crippen molar-refractivity contribution in [1.82, 2.24) is 9.55 Å². The number of carbonyl (C=O) groups is 1. The van der Waals surface area contributed by atoms with Crippen molar-refractivity contribution < 1.29 is 9.53 Å². The summed E-state index contributed by atoms with van der Waals surface area (Å²) in [6, 6.07) is 15.9. The lowest BCUT2D eigenvalue weighted by molar-refractivity contribution is 0.102. The maximum Gasteiger partial charge on any atom is 0.258 e. The Balaban J connectivity index is 1.61. The van der Waals surface area contributed by atoms with E-state index in [1.807, 2.05) is 36.4 Å². The molecule has 0 aliphatic heterocycles. The molecule has 3 aromatic rings. The van der Waals surface area contributed by atoms with E-state index in [2.05, 4.69) is 10.3 Å². The zero-order valence-corrected chi connectivity index (χ0v) is 13.7. The van der Waals surface area contributed by atoms with E-state index in [9.17, 15) is 9.59 Å². The molecule has 0 unspecified atom stereocenters. The van der Waals surface area contributed by atoms with Crippen molar-refractivity contribution in [1.29, 1.82) is 0 Å². The fourth-order valence-corrected chi connectivity index (χ4v) is 2.18. The number of amides is 1. The highest BCUT2D eigenvalue weighted by atomic mass is 16.5. The van der Waals surface area contributed by atoms with Gasteiger partial charge in [-0.05, 0) is 24.3 Å². The topological polar surface area (TPSA) is 73.2 Å². The van der Waals surface area contributed by atoms with Gasteiger partial charge in [-0.2, -0.15) is 0 Å². The Labute approximate surface area is 144 Å². The van der Waals surface area contributed by atoms with E-state index in [4.69, 9.17) is 4.74 Å². The highest BCUT2D eigenvalue weighted by Crippen LogP contribution is 2.12. The molecule has 0 bridgehead atoms. The second-order valence-electron chi connectivity index (χ2n) is 5.47. The van der Waals surface area contributed by atoms with E-state index in [0.29, 0.717) is 18.0 Å². The van der Waals surface area contributed by atoms with Crippen LogP contribution in [0.1, 0.15) is 15.9 Å². The average molecular weight is 335 g/mol. The molecule has 0 fully saturated rings. The van der Waals surface area contributed by atoms with Gasteiger partial charge in [0, 0.05) is 31.1 Å². The van der Waals surface area contributed by atoms with Crippen molar-refractivity contribution in [2.75, 3.05) is 5.32 Å². The average Bonchev–Trinajstić information content (AvgIpc) is 2.64. The highest BCUT2D eigenvalue weighted by Gasteiger charge is 2.08. The molecule has 0 aliphatic carbocycles. The van der Waals surface area contributed by atoms with Crippen molar-refractivity contribution in [3.8, 4) is 5.75 Å². The van der Waals surface area contributed by atoms with Crippen molar-refractivity contribution in [3.63, 3.8) is 0 Å². The Morgan fingerprint density at radius 2 is 1.92 bits per heavy atom. The number of anilines is 1. The molecule has 0 atom stereocenters. The summed E-state index contributed by atoms with van der Waals surface area (Å²) in [6.45, 7) is 0.395. The van der Waals surface area contributed by atoms with E-state index in [1.54, 1.807) is 19.3 Å². The smallest absolute Gasteiger partial charge is 0.258 e. The van der Waals surface area contributed by atoms with Crippen LogP contribution >= 0.6 is 0 Å². The summed E-state index contributed by atoms with van der Waals surface area (Å²) in [7, 11) is 1.60. The quantitative estimate of drug-likeness (QED) is 0.778. The molecule has 6 heteroatoms. The zero-order chi connectivity index (χ0) is 17.6. The maximum atomic E-state index is 12.2. The van der Waals surface area contributed by atoms with E-state index in [-0.39, 0.29) is 11.5 Å². The number of para-hydroxylation sites is 1. The summed E-state index contributed by atoms with van der Waals surface area (Å²) in [5, 5.41) is 2.70. The number of hydrogen-bond donors (Lipinski definition) is 1. The molecule has 126 valence electrons. The second-order valence-corrected chi connectivity index (χ2v) is 5.47. The van der Waals surface area contributed by atoms with Crippen LogP contribution in [0, 0.1) is 0 Å². The number of aryl methyl sites for hydroxylation is 1. The molecule has 0 saturated heterocycles. The van der Waals surface area contributed by atoms with Crippen LogP contribution in [-0.2, 0) is 13.7 Å². The molecule has 1 aromatic carbocycles. The highest BCUT2D eigenvalue weighted by molar-refractivity contribution is 6.03. The molecule has 2 aromatic heterocycles. The third-order valence-electron chi connectivity index (χ3n) is 3.56. The molecular weight excluding hydrogens is 318 g/mol.